The Morgan fingerprint density at radius 3 is 2.42 bits per heavy atom. The molecule has 0 bridgehead atoms. The molecule has 0 aliphatic rings. The maximum atomic E-state index is 4.13. The van der Waals surface area contributed by atoms with Crippen LogP contribution in [0.5, 0.6) is 0 Å². The molecule has 0 amide bonds. The standard InChI is InChI=1S/C10H16S2/c1-8(2)9(3)7-12-10(4)5-6-11/h7,11H,1,4-6H2,2-3H3/b9-7+. The van der Waals surface area contributed by atoms with E-state index in [1.807, 2.05) is 6.92 Å². The molecule has 0 aliphatic heterocycles. The normalized spacial score (nSPS) is 11.4. The zero-order valence-electron chi connectivity index (χ0n) is 7.76. The molecule has 0 heterocycles. The second kappa shape index (κ2) is 6.44. The third-order valence-corrected chi connectivity index (χ3v) is 2.70. The van der Waals surface area contributed by atoms with Crippen molar-refractivity contribution >= 4 is 24.4 Å². The van der Waals surface area contributed by atoms with Gasteiger partial charge in [-0.2, -0.15) is 12.6 Å². The molecular weight excluding hydrogens is 184 g/mol. The Bertz CT molecular complexity index is 202. The van der Waals surface area contributed by atoms with Crippen LogP contribution in [0.1, 0.15) is 20.3 Å². The Morgan fingerprint density at radius 1 is 1.42 bits per heavy atom. The smallest absolute Gasteiger partial charge is 0.00524 e. The number of thiol groups is 1. The molecule has 0 fully saturated rings. The SMILES string of the molecule is C=C(CCS)S/C=C(\C)C(=C)C. The molecule has 0 aliphatic carbocycles. The highest BCUT2D eigenvalue weighted by molar-refractivity contribution is 8.05. The van der Waals surface area contributed by atoms with Crippen LogP contribution in [-0.4, -0.2) is 5.75 Å². The number of hydrogen-bond acceptors (Lipinski definition) is 2. The molecule has 0 spiro atoms. The number of rotatable bonds is 5. The van der Waals surface area contributed by atoms with Gasteiger partial charge in [-0.3, -0.25) is 0 Å². The summed E-state index contributed by atoms with van der Waals surface area (Å²) in [6.45, 7) is 11.8. The molecule has 0 radical (unpaired) electrons. The number of hydrogen-bond donors (Lipinski definition) is 1. The molecule has 0 saturated heterocycles. The number of thioether (sulfide) groups is 1. The summed E-state index contributed by atoms with van der Waals surface area (Å²) in [6, 6.07) is 0. The van der Waals surface area contributed by atoms with Crippen molar-refractivity contribution in [3.05, 3.63) is 34.6 Å². The van der Waals surface area contributed by atoms with Crippen LogP contribution in [0.25, 0.3) is 0 Å². The summed E-state index contributed by atoms with van der Waals surface area (Å²) in [5.41, 5.74) is 2.33. The van der Waals surface area contributed by atoms with Gasteiger partial charge in [-0.15, -0.1) is 11.8 Å². The topological polar surface area (TPSA) is 0 Å². The van der Waals surface area contributed by atoms with E-state index in [2.05, 4.69) is 38.1 Å². The van der Waals surface area contributed by atoms with Gasteiger partial charge in [-0.1, -0.05) is 18.7 Å². The molecular formula is C10H16S2. The van der Waals surface area contributed by atoms with Gasteiger partial charge in [0.05, 0.1) is 0 Å². The summed E-state index contributed by atoms with van der Waals surface area (Å²) in [4.78, 5) is 1.16. The minimum atomic E-state index is 0.867. The maximum absolute atomic E-state index is 4.13. The van der Waals surface area contributed by atoms with E-state index in [4.69, 9.17) is 0 Å². The van der Waals surface area contributed by atoms with Crippen LogP contribution in [0, 0.1) is 0 Å². The van der Waals surface area contributed by atoms with Gasteiger partial charge in [0.2, 0.25) is 0 Å². The average Bonchev–Trinajstić information content (AvgIpc) is 2.00. The molecule has 0 nitrogen and oxygen atoms in total. The van der Waals surface area contributed by atoms with Crippen LogP contribution < -0.4 is 0 Å². The zero-order valence-corrected chi connectivity index (χ0v) is 9.47. The van der Waals surface area contributed by atoms with Crippen LogP contribution in [0.3, 0.4) is 0 Å². The first-order chi connectivity index (χ1) is 5.57. The van der Waals surface area contributed by atoms with Crippen LogP contribution in [0.15, 0.2) is 34.6 Å². The molecule has 0 N–H and O–H groups in total. The van der Waals surface area contributed by atoms with Gasteiger partial charge >= 0.3 is 0 Å². The summed E-state index contributed by atoms with van der Waals surface area (Å²) in [6.07, 6.45) is 0.966. The van der Waals surface area contributed by atoms with Gasteiger partial charge in [0.1, 0.15) is 0 Å². The highest BCUT2D eigenvalue weighted by Crippen LogP contribution is 2.22. The fourth-order valence-corrected chi connectivity index (χ4v) is 1.64. The van der Waals surface area contributed by atoms with E-state index in [9.17, 15) is 0 Å². The molecule has 68 valence electrons. The first-order valence-corrected chi connectivity index (χ1v) is 5.37. The minimum absolute atomic E-state index is 0.867. The van der Waals surface area contributed by atoms with E-state index in [0.29, 0.717) is 0 Å². The summed E-state index contributed by atoms with van der Waals surface area (Å²) in [7, 11) is 0. The Balaban J connectivity index is 3.87. The minimum Gasteiger partial charge on any atom is -0.179 e. The molecule has 0 unspecified atom stereocenters. The van der Waals surface area contributed by atoms with E-state index in [1.165, 1.54) is 5.57 Å². The van der Waals surface area contributed by atoms with E-state index < -0.39 is 0 Å². The van der Waals surface area contributed by atoms with E-state index in [1.54, 1.807) is 11.8 Å². The Hall–Kier alpha value is -0.0800. The van der Waals surface area contributed by atoms with Gasteiger partial charge in [-0.25, -0.2) is 0 Å². The predicted octanol–water partition coefficient (Wildman–Crippen LogP) is 4.03. The summed E-state index contributed by atoms with van der Waals surface area (Å²) >= 11 is 5.80. The molecule has 0 saturated carbocycles. The molecule has 12 heavy (non-hydrogen) atoms. The van der Waals surface area contributed by atoms with Crippen LogP contribution in [0.4, 0.5) is 0 Å². The summed E-state index contributed by atoms with van der Waals surface area (Å²) in [5.74, 6) is 0.867. The third kappa shape index (κ3) is 5.56. The second-order valence-electron chi connectivity index (χ2n) is 2.71. The van der Waals surface area contributed by atoms with Crippen molar-refractivity contribution in [1.82, 2.24) is 0 Å². The Morgan fingerprint density at radius 2 is 2.00 bits per heavy atom. The summed E-state index contributed by atoms with van der Waals surface area (Å²) in [5, 5.41) is 2.09. The lowest BCUT2D eigenvalue weighted by Crippen LogP contribution is -1.77. The molecule has 2 heteroatoms. The molecule has 0 atom stereocenters. The van der Waals surface area contributed by atoms with Crippen molar-refractivity contribution in [2.45, 2.75) is 20.3 Å². The van der Waals surface area contributed by atoms with Crippen molar-refractivity contribution in [2.75, 3.05) is 5.75 Å². The Kier molecular flexibility index (Phi) is 6.39. The lowest BCUT2D eigenvalue weighted by atomic mass is 10.2. The largest absolute Gasteiger partial charge is 0.179 e. The van der Waals surface area contributed by atoms with Crippen LogP contribution >= 0.6 is 24.4 Å². The van der Waals surface area contributed by atoms with Gasteiger partial charge in [0, 0.05) is 0 Å². The number of allylic oxidation sites excluding steroid dienone is 3. The maximum Gasteiger partial charge on any atom is -0.00524 e. The monoisotopic (exact) mass is 200 g/mol. The molecule has 0 aromatic rings. The molecule has 0 aromatic heterocycles. The summed E-state index contributed by atoms with van der Waals surface area (Å²) < 4.78 is 0. The van der Waals surface area contributed by atoms with Gasteiger partial charge in [0.15, 0.2) is 0 Å². The van der Waals surface area contributed by atoms with Crippen molar-refractivity contribution < 1.29 is 0 Å². The average molecular weight is 200 g/mol. The van der Waals surface area contributed by atoms with Crippen molar-refractivity contribution in [3.8, 4) is 0 Å². The van der Waals surface area contributed by atoms with Crippen LogP contribution in [-0.2, 0) is 0 Å². The van der Waals surface area contributed by atoms with E-state index >= 15 is 0 Å². The lowest BCUT2D eigenvalue weighted by Gasteiger charge is -2.00. The first-order valence-electron chi connectivity index (χ1n) is 3.86. The fraction of sp³-hybridized carbons (Fsp3) is 0.400. The van der Waals surface area contributed by atoms with Crippen LogP contribution in [0.2, 0.25) is 0 Å². The zero-order chi connectivity index (χ0) is 9.56. The van der Waals surface area contributed by atoms with E-state index in [-0.39, 0.29) is 0 Å². The lowest BCUT2D eigenvalue weighted by molar-refractivity contribution is 1.24. The van der Waals surface area contributed by atoms with Crippen molar-refractivity contribution in [2.24, 2.45) is 0 Å². The molecule has 0 aromatic carbocycles. The van der Waals surface area contributed by atoms with Gasteiger partial charge < -0.3 is 0 Å². The highest BCUT2D eigenvalue weighted by atomic mass is 32.2. The van der Waals surface area contributed by atoms with Crippen molar-refractivity contribution in [1.29, 1.82) is 0 Å². The predicted molar refractivity (Wildman–Crippen MR) is 63.8 cm³/mol. The quantitative estimate of drug-likeness (QED) is 0.516. The second-order valence-corrected chi connectivity index (χ2v) is 4.21. The van der Waals surface area contributed by atoms with Crippen molar-refractivity contribution in [3.63, 3.8) is 0 Å². The Labute approximate surface area is 85.2 Å². The highest BCUT2D eigenvalue weighted by Gasteiger charge is 1.92. The van der Waals surface area contributed by atoms with Gasteiger partial charge in [-0.05, 0) is 41.9 Å². The van der Waals surface area contributed by atoms with Gasteiger partial charge in [0.25, 0.3) is 0 Å². The van der Waals surface area contributed by atoms with E-state index in [0.717, 1.165) is 22.7 Å². The fourth-order valence-electron chi connectivity index (χ4n) is 0.456. The third-order valence-electron chi connectivity index (χ3n) is 1.47. The first kappa shape index (κ1) is 11.9. The molecule has 0 rings (SSSR count).